The lowest BCUT2D eigenvalue weighted by Crippen LogP contribution is -2.09. The largest absolute Gasteiger partial charge is 0.462 e. The standard InChI is InChI=1S/C26H20O4/c1-2-29-26(28)23-17-19(16-18-10-6-7-13-21(18)23)25(27)22-14-8-9-15-24(22)30-20-11-4-3-5-12-20/h3-17H,2H2,1H3. The van der Waals surface area contributed by atoms with E-state index in [4.69, 9.17) is 9.47 Å². The van der Waals surface area contributed by atoms with Crippen LogP contribution in [0.15, 0.2) is 91.0 Å². The number of carbonyl (C=O) groups excluding carboxylic acids is 2. The molecule has 4 aromatic rings. The minimum atomic E-state index is -0.447. The van der Waals surface area contributed by atoms with Crippen LogP contribution in [0.4, 0.5) is 0 Å². The van der Waals surface area contributed by atoms with Gasteiger partial charge in [-0.15, -0.1) is 0 Å². The number of para-hydroxylation sites is 2. The van der Waals surface area contributed by atoms with Gasteiger partial charge in [0.1, 0.15) is 11.5 Å². The fraction of sp³-hybridized carbons (Fsp3) is 0.0769. The summed E-state index contributed by atoms with van der Waals surface area (Å²) in [6.07, 6.45) is 0. The van der Waals surface area contributed by atoms with Crippen molar-refractivity contribution in [1.82, 2.24) is 0 Å². The normalized spacial score (nSPS) is 10.6. The van der Waals surface area contributed by atoms with Gasteiger partial charge in [-0.05, 0) is 54.1 Å². The number of hydrogen-bond donors (Lipinski definition) is 0. The average molecular weight is 396 g/mol. The zero-order chi connectivity index (χ0) is 20.9. The maximum absolute atomic E-state index is 13.4. The molecule has 0 amide bonds. The molecule has 4 heteroatoms. The van der Waals surface area contributed by atoms with Gasteiger partial charge in [-0.1, -0.05) is 54.6 Å². The minimum absolute atomic E-state index is 0.224. The summed E-state index contributed by atoms with van der Waals surface area (Å²) in [5, 5.41) is 1.55. The first-order chi connectivity index (χ1) is 14.7. The van der Waals surface area contributed by atoms with E-state index < -0.39 is 5.97 Å². The fourth-order valence-corrected chi connectivity index (χ4v) is 3.33. The van der Waals surface area contributed by atoms with Gasteiger partial charge in [0, 0.05) is 5.56 Å². The highest BCUT2D eigenvalue weighted by atomic mass is 16.5. The Morgan fingerprint density at radius 1 is 0.767 bits per heavy atom. The van der Waals surface area contributed by atoms with Gasteiger partial charge in [0.2, 0.25) is 0 Å². The quantitative estimate of drug-likeness (QED) is 0.294. The summed E-state index contributed by atoms with van der Waals surface area (Å²) in [7, 11) is 0. The van der Waals surface area contributed by atoms with Crippen LogP contribution in [0.2, 0.25) is 0 Å². The molecular formula is C26H20O4. The molecule has 0 atom stereocenters. The Morgan fingerprint density at radius 3 is 2.27 bits per heavy atom. The number of benzene rings is 4. The molecule has 0 saturated carbocycles. The first-order valence-corrected chi connectivity index (χ1v) is 9.74. The predicted molar refractivity (Wildman–Crippen MR) is 116 cm³/mol. The third-order valence-electron chi connectivity index (χ3n) is 4.72. The number of ketones is 1. The van der Waals surface area contributed by atoms with Gasteiger partial charge in [0.25, 0.3) is 0 Å². The topological polar surface area (TPSA) is 52.6 Å². The molecule has 0 aliphatic rings. The first kappa shape index (κ1) is 19.4. The predicted octanol–water partition coefficient (Wildman–Crippen LogP) is 6.04. The SMILES string of the molecule is CCOC(=O)c1cc(C(=O)c2ccccc2Oc2ccccc2)cc2ccccc12. The van der Waals surface area contributed by atoms with Gasteiger partial charge in [-0.3, -0.25) is 4.79 Å². The Labute approximate surface area is 174 Å². The Bertz CT molecular complexity index is 1210. The van der Waals surface area contributed by atoms with Crippen LogP contribution in [0.1, 0.15) is 33.2 Å². The molecule has 0 bridgehead atoms. The van der Waals surface area contributed by atoms with E-state index in [0.29, 0.717) is 28.2 Å². The Balaban J connectivity index is 1.78. The van der Waals surface area contributed by atoms with Crippen LogP contribution in [0.3, 0.4) is 0 Å². The van der Waals surface area contributed by atoms with E-state index in [2.05, 4.69) is 0 Å². The van der Waals surface area contributed by atoms with Crippen molar-refractivity contribution in [2.24, 2.45) is 0 Å². The van der Waals surface area contributed by atoms with Crippen LogP contribution in [0.5, 0.6) is 11.5 Å². The summed E-state index contributed by atoms with van der Waals surface area (Å²) in [5.41, 5.74) is 1.20. The molecule has 0 spiro atoms. The van der Waals surface area contributed by atoms with Crippen molar-refractivity contribution < 1.29 is 19.1 Å². The smallest absolute Gasteiger partial charge is 0.338 e. The monoisotopic (exact) mass is 396 g/mol. The van der Waals surface area contributed by atoms with Crippen molar-refractivity contribution in [3.63, 3.8) is 0 Å². The van der Waals surface area contributed by atoms with Gasteiger partial charge in [0.15, 0.2) is 5.78 Å². The van der Waals surface area contributed by atoms with Crippen LogP contribution in [0.25, 0.3) is 10.8 Å². The number of rotatable bonds is 6. The number of carbonyl (C=O) groups is 2. The molecule has 0 N–H and O–H groups in total. The maximum atomic E-state index is 13.4. The molecule has 30 heavy (non-hydrogen) atoms. The average Bonchev–Trinajstić information content (AvgIpc) is 2.79. The first-order valence-electron chi connectivity index (χ1n) is 9.74. The molecule has 0 radical (unpaired) electrons. The third-order valence-corrected chi connectivity index (χ3v) is 4.72. The highest BCUT2D eigenvalue weighted by Crippen LogP contribution is 2.29. The second kappa shape index (κ2) is 8.62. The second-order valence-electron chi connectivity index (χ2n) is 6.71. The Hall–Kier alpha value is -3.92. The maximum Gasteiger partial charge on any atom is 0.338 e. The number of esters is 1. The molecule has 0 unspecified atom stereocenters. The third kappa shape index (κ3) is 3.94. The van der Waals surface area contributed by atoms with Crippen LogP contribution >= 0.6 is 0 Å². The van der Waals surface area contributed by atoms with Gasteiger partial charge in [0.05, 0.1) is 17.7 Å². The van der Waals surface area contributed by atoms with E-state index in [1.807, 2.05) is 60.7 Å². The van der Waals surface area contributed by atoms with Crippen molar-refractivity contribution in [2.45, 2.75) is 6.92 Å². The fourth-order valence-electron chi connectivity index (χ4n) is 3.33. The zero-order valence-corrected chi connectivity index (χ0v) is 16.5. The van der Waals surface area contributed by atoms with Crippen LogP contribution in [-0.2, 0) is 4.74 Å². The lowest BCUT2D eigenvalue weighted by molar-refractivity contribution is 0.0528. The van der Waals surface area contributed by atoms with Crippen molar-refractivity contribution in [3.8, 4) is 11.5 Å². The molecule has 0 saturated heterocycles. The molecule has 0 fully saturated rings. The second-order valence-corrected chi connectivity index (χ2v) is 6.71. The molecule has 148 valence electrons. The van der Waals surface area contributed by atoms with Crippen molar-refractivity contribution >= 4 is 22.5 Å². The Kier molecular flexibility index (Phi) is 5.57. The molecular weight excluding hydrogens is 376 g/mol. The molecule has 0 aliphatic carbocycles. The summed E-state index contributed by atoms with van der Waals surface area (Å²) in [6.45, 7) is 2.02. The highest BCUT2D eigenvalue weighted by molar-refractivity contribution is 6.15. The number of fused-ring (bicyclic) bond motifs is 1. The van der Waals surface area contributed by atoms with Gasteiger partial charge in [-0.25, -0.2) is 4.79 Å². The lowest BCUT2D eigenvalue weighted by atomic mass is 9.95. The van der Waals surface area contributed by atoms with E-state index in [0.717, 1.165) is 10.8 Å². The van der Waals surface area contributed by atoms with Crippen molar-refractivity contribution in [1.29, 1.82) is 0 Å². The number of ether oxygens (including phenoxy) is 2. The van der Waals surface area contributed by atoms with E-state index in [1.54, 1.807) is 37.3 Å². The van der Waals surface area contributed by atoms with Crippen LogP contribution in [0, 0.1) is 0 Å². The molecule has 4 nitrogen and oxygen atoms in total. The minimum Gasteiger partial charge on any atom is -0.462 e. The summed E-state index contributed by atoms with van der Waals surface area (Å²) < 4.78 is 11.1. The summed E-state index contributed by atoms with van der Waals surface area (Å²) in [4.78, 5) is 25.9. The summed E-state index contributed by atoms with van der Waals surface area (Å²) >= 11 is 0. The number of hydrogen-bond acceptors (Lipinski definition) is 4. The van der Waals surface area contributed by atoms with Gasteiger partial charge < -0.3 is 9.47 Å². The molecule has 4 rings (SSSR count). The lowest BCUT2D eigenvalue weighted by Gasteiger charge is -2.12. The van der Waals surface area contributed by atoms with Crippen LogP contribution in [-0.4, -0.2) is 18.4 Å². The van der Waals surface area contributed by atoms with E-state index in [1.165, 1.54) is 0 Å². The van der Waals surface area contributed by atoms with Crippen LogP contribution < -0.4 is 4.74 Å². The summed E-state index contributed by atoms with van der Waals surface area (Å²) in [5.74, 6) is 0.429. The highest BCUT2D eigenvalue weighted by Gasteiger charge is 2.19. The van der Waals surface area contributed by atoms with Gasteiger partial charge >= 0.3 is 5.97 Å². The van der Waals surface area contributed by atoms with Crippen molar-refractivity contribution in [2.75, 3.05) is 6.61 Å². The molecule has 0 aliphatic heterocycles. The van der Waals surface area contributed by atoms with Gasteiger partial charge in [-0.2, -0.15) is 0 Å². The molecule has 0 heterocycles. The van der Waals surface area contributed by atoms with Crippen molar-refractivity contribution in [3.05, 3.63) is 108 Å². The van der Waals surface area contributed by atoms with E-state index >= 15 is 0 Å². The summed E-state index contributed by atoms with van der Waals surface area (Å²) in [6, 6.07) is 27.2. The molecule has 0 aromatic heterocycles. The molecule has 4 aromatic carbocycles. The zero-order valence-electron chi connectivity index (χ0n) is 16.5. The Morgan fingerprint density at radius 2 is 1.47 bits per heavy atom. The van der Waals surface area contributed by atoms with E-state index in [9.17, 15) is 9.59 Å². The van der Waals surface area contributed by atoms with E-state index in [-0.39, 0.29) is 12.4 Å².